The summed E-state index contributed by atoms with van der Waals surface area (Å²) in [6.07, 6.45) is 2.60. The molecule has 0 aromatic carbocycles. The molecule has 1 aliphatic heterocycles. The molecule has 0 saturated carbocycles. The molecule has 0 aliphatic carbocycles. The Labute approximate surface area is 149 Å². The number of nitrogens with zero attached hydrogens (tertiary/aromatic N) is 5. The highest BCUT2D eigenvalue weighted by Gasteiger charge is 2.28. The summed E-state index contributed by atoms with van der Waals surface area (Å²) in [5.74, 6) is 0.0549. The average Bonchev–Trinajstić information content (AvgIpc) is 3.14. The highest BCUT2D eigenvalue weighted by molar-refractivity contribution is 5.94. The molecule has 2 aromatic rings. The molecule has 138 valence electrons. The average molecular weight is 359 g/mol. The number of hydrogen-bond acceptors (Lipinski definition) is 6. The maximum atomic E-state index is 12.6. The van der Waals surface area contributed by atoms with E-state index in [9.17, 15) is 14.4 Å². The lowest BCUT2D eigenvalue weighted by atomic mass is 9.96. The molecule has 0 radical (unpaired) electrons. The number of H-pyrrole nitrogens is 2. The quantitative estimate of drug-likeness (QED) is 0.763. The fraction of sp³-hybridized carbons (Fsp3) is 0.500. The highest BCUT2D eigenvalue weighted by Crippen LogP contribution is 2.16. The van der Waals surface area contributed by atoms with Crippen LogP contribution in [0.4, 0.5) is 0 Å². The van der Waals surface area contributed by atoms with Crippen LogP contribution < -0.4 is 5.56 Å². The molecule has 1 saturated heterocycles. The molecule has 0 bridgehead atoms. The summed E-state index contributed by atoms with van der Waals surface area (Å²) >= 11 is 0. The Kier molecular flexibility index (Phi) is 4.58. The maximum absolute atomic E-state index is 12.6. The first-order chi connectivity index (χ1) is 12.3. The van der Waals surface area contributed by atoms with Crippen molar-refractivity contribution in [2.75, 3.05) is 26.2 Å². The van der Waals surface area contributed by atoms with Crippen LogP contribution in [0.3, 0.4) is 0 Å². The molecular formula is C16H21N7O3. The third-order valence-corrected chi connectivity index (χ3v) is 4.21. The Morgan fingerprint density at radius 2 is 1.65 bits per heavy atom. The van der Waals surface area contributed by atoms with E-state index in [1.165, 1.54) is 12.5 Å². The summed E-state index contributed by atoms with van der Waals surface area (Å²) in [5, 5.41) is 6.19. The van der Waals surface area contributed by atoms with Gasteiger partial charge in [-0.3, -0.25) is 19.5 Å². The largest absolute Gasteiger partial charge is 0.335 e. The van der Waals surface area contributed by atoms with Gasteiger partial charge in [0, 0.05) is 37.8 Å². The Bertz CT molecular complexity index is 859. The van der Waals surface area contributed by atoms with Crippen molar-refractivity contribution in [3.63, 3.8) is 0 Å². The number of amides is 2. The Hall–Kier alpha value is -3.04. The first-order valence-electron chi connectivity index (χ1n) is 8.31. The lowest BCUT2D eigenvalue weighted by molar-refractivity contribution is 0.0527. The van der Waals surface area contributed by atoms with Gasteiger partial charge in [0.15, 0.2) is 0 Å². The first kappa shape index (κ1) is 17.8. The molecule has 2 N–H and O–H groups in total. The predicted octanol–water partition coefficient (Wildman–Crippen LogP) is -0.216. The van der Waals surface area contributed by atoms with E-state index in [2.05, 4.69) is 25.1 Å². The van der Waals surface area contributed by atoms with Crippen LogP contribution in [0.5, 0.6) is 0 Å². The normalized spacial score (nSPS) is 15.2. The summed E-state index contributed by atoms with van der Waals surface area (Å²) in [4.78, 5) is 51.0. The second kappa shape index (κ2) is 6.70. The minimum absolute atomic E-state index is 0.00742. The maximum Gasteiger partial charge on any atom is 0.291 e. The molecule has 2 amide bonds. The third kappa shape index (κ3) is 3.48. The number of nitrogens with one attached hydrogen (secondary N) is 2. The second-order valence-corrected chi connectivity index (χ2v) is 7.14. The van der Waals surface area contributed by atoms with E-state index in [4.69, 9.17) is 0 Å². The predicted molar refractivity (Wildman–Crippen MR) is 91.7 cm³/mol. The molecule has 3 rings (SSSR count). The molecule has 0 atom stereocenters. The monoisotopic (exact) mass is 359 g/mol. The summed E-state index contributed by atoms with van der Waals surface area (Å²) in [6.45, 7) is 7.17. The van der Waals surface area contributed by atoms with Gasteiger partial charge in [0.2, 0.25) is 5.82 Å². The molecule has 0 unspecified atom stereocenters. The zero-order chi connectivity index (χ0) is 18.9. The summed E-state index contributed by atoms with van der Waals surface area (Å²) in [6, 6.07) is 0. The molecule has 10 nitrogen and oxygen atoms in total. The Balaban J connectivity index is 1.67. The fourth-order valence-corrected chi connectivity index (χ4v) is 2.67. The number of carbonyl (C=O) groups is 2. The molecular weight excluding hydrogens is 338 g/mol. The van der Waals surface area contributed by atoms with Gasteiger partial charge in [0.1, 0.15) is 17.7 Å². The van der Waals surface area contributed by atoms with E-state index in [-0.39, 0.29) is 28.6 Å². The number of carbonyl (C=O) groups excluding carboxylic acids is 2. The van der Waals surface area contributed by atoms with Gasteiger partial charge < -0.3 is 14.8 Å². The van der Waals surface area contributed by atoms with E-state index in [0.717, 1.165) is 0 Å². The molecule has 1 aliphatic rings. The van der Waals surface area contributed by atoms with Gasteiger partial charge in [-0.2, -0.15) is 5.10 Å². The van der Waals surface area contributed by atoms with E-state index < -0.39 is 5.56 Å². The van der Waals surface area contributed by atoms with Crippen LogP contribution in [0, 0.1) is 0 Å². The van der Waals surface area contributed by atoms with Gasteiger partial charge in [0.25, 0.3) is 17.4 Å². The van der Waals surface area contributed by atoms with Crippen molar-refractivity contribution in [1.82, 2.24) is 34.9 Å². The molecule has 1 fully saturated rings. The minimum atomic E-state index is -0.449. The SMILES string of the molecule is CC(C)(C)c1ncc(C(=O)N2CCN(C(=O)c3ncn[nH]3)CC2)c(=O)[nH]1. The van der Waals surface area contributed by atoms with E-state index in [1.807, 2.05) is 20.8 Å². The molecule has 10 heteroatoms. The van der Waals surface area contributed by atoms with Crippen molar-refractivity contribution in [2.45, 2.75) is 26.2 Å². The van der Waals surface area contributed by atoms with E-state index >= 15 is 0 Å². The van der Waals surface area contributed by atoms with Crippen LogP contribution in [-0.4, -0.2) is 72.9 Å². The smallest absolute Gasteiger partial charge is 0.291 e. The van der Waals surface area contributed by atoms with Crippen molar-refractivity contribution in [3.05, 3.63) is 40.1 Å². The molecule has 2 aromatic heterocycles. The highest BCUT2D eigenvalue weighted by atomic mass is 16.2. The van der Waals surface area contributed by atoms with E-state index in [1.54, 1.807) is 9.80 Å². The summed E-state index contributed by atoms with van der Waals surface area (Å²) in [7, 11) is 0. The second-order valence-electron chi connectivity index (χ2n) is 7.14. The zero-order valence-corrected chi connectivity index (χ0v) is 14.9. The number of rotatable bonds is 2. The number of aromatic nitrogens is 5. The lowest BCUT2D eigenvalue weighted by Gasteiger charge is -2.34. The van der Waals surface area contributed by atoms with Gasteiger partial charge >= 0.3 is 0 Å². The van der Waals surface area contributed by atoms with Crippen LogP contribution in [0.1, 0.15) is 47.6 Å². The Morgan fingerprint density at radius 1 is 1.04 bits per heavy atom. The van der Waals surface area contributed by atoms with Crippen molar-refractivity contribution < 1.29 is 9.59 Å². The first-order valence-corrected chi connectivity index (χ1v) is 8.31. The lowest BCUT2D eigenvalue weighted by Crippen LogP contribution is -2.51. The van der Waals surface area contributed by atoms with Gasteiger partial charge in [-0.05, 0) is 0 Å². The molecule has 0 spiro atoms. The number of hydrogen-bond donors (Lipinski definition) is 2. The van der Waals surface area contributed by atoms with Crippen LogP contribution in [0.2, 0.25) is 0 Å². The third-order valence-electron chi connectivity index (χ3n) is 4.21. The van der Waals surface area contributed by atoms with Crippen LogP contribution in [0.15, 0.2) is 17.3 Å². The standard InChI is InChI=1S/C16H21N7O3/c1-16(2,3)15-17-8-10(12(24)20-15)13(25)22-4-6-23(7-5-22)14(26)11-18-9-19-21-11/h8-9H,4-7H2,1-3H3,(H,17,20,24)(H,18,19,21). The van der Waals surface area contributed by atoms with Crippen molar-refractivity contribution in [3.8, 4) is 0 Å². The van der Waals surface area contributed by atoms with Crippen LogP contribution >= 0.6 is 0 Å². The van der Waals surface area contributed by atoms with E-state index in [0.29, 0.717) is 32.0 Å². The van der Waals surface area contributed by atoms with Gasteiger partial charge in [-0.1, -0.05) is 20.8 Å². The summed E-state index contributed by atoms with van der Waals surface area (Å²) in [5.41, 5.74) is -0.754. The van der Waals surface area contributed by atoms with Crippen LogP contribution in [-0.2, 0) is 5.41 Å². The number of aromatic amines is 2. The van der Waals surface area contributed by atoms with Gasteiger partial charge in [-0.25, -0.2) is 9.97 Å². The van der Waals surface area contributed by atoms with Crippen LogP contribution in [0.25, 0.3) is 0 Å². The van der Waals surface area contributed by atoms with Crippen molar-refractivity contribution in [2.24, 2.45) is 0 Å². The van der Waals surface area contributed by atoms with Crippen molar-refractivity contribution in [1.29, 1.82) is 0 Å². The topological polar surface area (TPSA) is 128 Å². The van der Waals surface area contributed by atoms with Gasteiger partial charge in [-0.15, -0.1) is 0 Å². The summed E-state index contributed by atoms with van der Waals surface area (Å²) < 4.78 is 0. The fourth-order valence-electron chi connectivity index (χ4n) is 2.67. The molecule has 26 heavy (non-hydrogen) atoms. The minimum Gasteiger partial charge on any atom is -0.335 e. The zero-order valence-electron chi connectivity index (χ0n) is 14.9. The van der Waals surface area contributed by atoms with Crippen molar-refractivity contribution >= 4 is 11.8 Å². The Morgan fingerprint density at radius 3 is 2.15 bits per heavy atom. The molecule has 3 heterocycles. The number of piperazine rings is 1. The van der Waals surface area contributed by atoms with Gasteiger partial charge in [0.05, 0.1) is 0 Å².